The number of carbonyl (C=O) groups excluding carboxylic acids is 1. The first-order valence-corrected chi connectivity index (χ1v) is 6.29. The molecule has 0 atom stereocenters. The van der Waals surface area contributed by atoms with E-state index >= 15 is 0 Å². The van der Waals surface area contributed by atoms with Crippen molar-refractivity contribution in [3.63, 3.8) is 0 Å². The highest BCUT2D eigenvalue weighted by Crippen LogP contribution is 2.31. The molecule has 0 aliphatic heterocycles. The number of aryl methyl sites for hydroxylation is 1. The van der Waals surface area contributed by atoms with Crippen LogP contribution in [0.1, 0.15) is 18.5 Å². The number of hydrogen-bond acceptors (Lipinski definition) is 2. The van der Waals surface area contributed by atoms with Crippen molar-refractivity contribution in [3.05, 3.63) is 30.0 Å². The summed E-state index contributed by atoms with van der Waals surface area (Å²) in [7, 11) is 0. The van der Waals surface area contributed by atoms with Crippen molar-refractivity contribution in [2.24, 2.45) is 11.7 Å². The van der Waals surface area contributed by atoms with Crippen molar-refractivity contribution in [2.75, 3.05) is 5.32 Å². The second-order valence-electron chi connectivity index (χ2n) is 5.09. The predicted octanol–water partition coefficient (Wildman–Crippen LogP) is 2.15. The van der Waals surface area contributed by atoms with Gasteiger partial charge in [0.15, 0.2) is 0 Å². The molecule has 1 amide bonds. The normalized spacial score (nSPS) is 22.8. The van der Waals surface area contributed by atoms with Gasteiger partial charge in [-0.3, -0.25) is 4.79 Å². The number of benzene rings is 1. The summed E-state index contributed by atoms with van der Waals surface area (Å²) in [6.07, 6.45) is 1.60. The highest BCUT2D eigenvalue weighted by atomic mass is 16.1. The Bertz CT molecular complexity index is 596. The topological polar surface area (TPSA) is 70.9 Å². The monoisotopic (exact) mass is 243 g/mol. The molecule has 18 heavy (non-hydrogen) atoms. The highest BCUT2D eigenvalue weighted by molar-refractivity contribution is 6.03. The lowest BCUT2D eigenvalue weighted by Gasteiger charge is -2.31. The summed E-state index contributed by atoms with van der Waals surface area (Å²) < 4.78 is 0. The summed E-state index contributed by atoms with van der Waals surface area (Å²) in [5.41, 5.74) is 8.66. The van der Waals surface area contributed by atoms with Gasteiger partial charge in [-0.25, -0.2) is 0 Å². The van der Waals surface area contributed by atoms with Gasteiger partial charge < -0.3 is 16.0 Å². The van der Waals surface area contributed by atoms with E-state index in [9.17, 15) is 4.79 Å². The maximum atomic E-state index is 12.1. The molecule has 4 heteroatoms. The zero-order valence-electron chi connectivity index (χ0n) is 10.4. The van der Waals surface area contributed by atoms with Crippen LogP contribution in [0.5, 0.6) is 0 Å². The van der Waals surface area contributed by atoms with Gasteiger partial charge in [-0.2, -0.15) is 0 Å². The van der Waals surface area contributed by atoms with Crippen LogP contribution in [0.25, 0.3) is 10.9 Å². The number of amides is 1. The van der Waals surface area contributed by atoms with Crippen molar-refractivity contribution in [1.82, 2.24) is 4.98 Å². The minimum Gasteiger partial charge on any atom is -0.357 e. The van der Waals surface area contributed by atoms with Crippen LogP contribution in [0.2, 0.25) is 0 Å². The summed E-state index contributed by atoms with van der Waals surface area (Å²) in [6.45, 7) is 1.97. The van der Waals surface area contributed by atoms with Crippen LogP contribution in [0.15, 0.2) is 24.3 Å². The molecule has 0 radical (unpaired) electrons. The SMILES string of the molecule is Cc1[nH]c2ccccc2c1NC(=O)C1CC(N)C1. The Hall–Kier alpha value is -1.81. The van der Waals surface area contributed by atoms with Crippen molar-refractivity contribution >= 4 is 22.5 Å². The van der Waals surface area contributed by atoms with E-state index < -0.39 is 0 Å². The summed E-state index contributed by atoms with van der Waals surface area (Å²) in [6, 6.07) is 8.18. The Balaban J connectivity index is 1.86. The number of carbonyl (C=O) groups is 1. The molecule has 4 N–H and O–H groups in total. The Morgan fingerprint density at radius 1 is 1.39 bits per heavy atom. The van der Waals surface area contributed by atoms with E-state index in [4.69, 9.17) is 5.73 Å². The first-order valence-electron chi connectivity index (χ1n) is 6.29. The number of aromatic amines is 1. The second-order valence-corrected chi connectivity index (χ2v) is 5.09. The fraction of sp³-hybridized carbons (Fsp3) is 0.357. The largest absolute Gasteiger partial charge is 0.357 e. The maximum Gasteiger partial charge on any atom is 0.227 e. The molecule has 1 aromatic heterocycles. The van der Waals surface area contributed by atoms with Crippen LogP contribution in [-0.4, -0.2) is 16.9 Å². The fourth-order valence-electron chi connectivity index (χ4n) is 2.54. The van der Waals surface area contributed by atoms with Crippen molar-refractivity contribution < 1.29 is 4.79 Å². The number of nitrogens with two attached hydrogens (primary N) is 1. The standard InChI is InChI=1S/C14H17N3O/c1-8-13(11-4-2-3-5-12(11)16-8)17-14(18)9-6-10(15)7-9/h2-5,9-10,16H,6-7,15H2,1H3,(H,17,18). The van der Waals surface area contributed by atoms with Gasteiger partial charge in [-0.1, -0.05) is 18.2 Å². The smallest absolute Gasteiger partial charge is 0.227 e. The van der Waals surface area contributed by atoms with E-state index in [1.54, 1.807) is 0 Å². The number of para-hydroxylation sites is 1. The van der Waals surface area contributed by atoms with Crippen LogP contribution in [0, 0.1) is 12.8 Å². The number of H-pyrrole nitrogens is 1. The zero-order chi connectivity index (χ0) is 12.7. The summed E-state index contributed by atoms with van der Waals surface area (Å²) in [5, 5.41) is 4.09. The minimum absolute atomic E-state index is 0.0769. The molecule has 0 saturated heterocycles. The molecule has 0 spiro atoms. The Labute approximate surface area is 106 Å². The molecule has 3 rings (SSSR count). The predicted molar refractivity (Wildman–Crippen MR) is 72.4 cm³/mol. The molecule has 0 bridgehead atoms. The molecule has 1 saturated carbocycles. The summed E-state index contributed by atoms with van der Waals surface area (Å²) in [4.78, 5) is 15.3. The van der Waals surface area contributed by atoms with E-state index in [2.05, 4.69) is 10.3 Å². The fourth-order valence-corrected chi connectivity index (χ4v) is 2.54. The van der Waals surface area contributed by atoms with E-state index in [-0.39, 0.29) is 17.9 Å². The summed E-state index contributed by atoms with van der Waals surface area (Å²) in [5.74, 6) is 0.164. The van der Waals surface area contributed by atoms with Crippen LogP contribution in [-0.2, 0) is 4.79 Å². The van der Waals surface area contributed by atoms with Gasteiger partial charge in [0, 0.05) is 28.6 Å². The molecule has 94 valence electrons. The number of fused-ring (bicyclic) bond motifs is 1. The highest BCUT2D eigenvalue weighted by Gasteiger charge is 2.32. The number of aromatic nitrogens is 1. The lowest BCUT2D eigenvalue weighted by Crippen LogP contribution is -2.42. The number of hydrogen-bond donors (Lipinski definition) is 3. The molecule has 2 aromatic rings. The van der Waals surface area contributed by atoms with Crippen LogP contribution >= 0.6 is 0 Å². The molecule has 1 heterocycles. The molecule has 1 fully saturated rings. The number of nitrogens with one attached hydrogen (secondary N) is 2. The number of anilines is 1. The van der Waals surface area contributed by atoms with Crippen LogP contribution < -0.4 is 11.1 Å². The van der Waals surface area contributed by atoms with E-state index in [0.29, 0.717) is 0 Å². The third-order valence-electron chi connectivity index (χ3n) is 3.69. The molecule has 0 unspecified atom stereocenters. The molecule has 1 aliphatic rings. The average molecular weight is 243 g/mol. The van der Waals surface area contributed by atoms with E-state index in [1.165, 1.54) is 0 Å². The molecular weight excluding hydrogens is 226 g/mol. The molecular formula is C14H17N3O. The van der Waals surface area contributed by atoms with Gasteiger partial charge in [-0.15, -0.1) is 0 Å². The first-order chi connectivity index (χ1) is 8.65. The Morgan fingerprint density at radius 2 is 2.11 bits per heavy atom. The number of rotatable bonds is 2. The molecule has 1 aromatic carbocycles. The van der Waals surface area contributed by atoms with Gasteiger partial charge in [0.05, 0.1) is 5.69 Å². The Kier molecular flexibility index (Phi) is 2.59. The minimum atomic E-state index is 0.0769. The van der Waals surface area contributed by atoms with Gasteiger partial charge in [-0.05, 0) is 25.8 Å². The molecule has 4 nitrogen and oxygen atoms in total. The van der Waals surface area contributed by atoms with Gasteiger partial charge in [0.1, 0.15) is 0 Å². The maximum absolute atomic E-state index is 12.1. The van der Waals surface area contributed by atoms with Crippen LogP contribution in [0.3, 0.4) is 0 Å². The Morgan fingerprint density at radius 3 is 2.83 bits per heavy atom. The average Bonchev–Trinajstić information content (AvgIpc) is 2.62. The van der Waals surface area contributed by atoms with Gasteiger partial charge in [0.2, 0.25) is 5.91 Å². The van der Waals surface area contributed by atoms with E-state index in [1.807, 2.05) is 31.2 Å². The zero-order valence-corrected chi connectivity index (χ0v) is 10.4. The lowest BCUT2D eigenvalue weighted by atomic mass is 9.80. The first kappa shape index (κ1) is 11.3. The van der Waals surface area contributed by atoms with Crippen molar-refractivity contribution in [3.8, 4) is 0 Å². The van der Waals surface area contributed by atoms with Crippen molar-refractivity contribution in [2.45, 2.75) is 25.8 Å². The van der Waals surface area contributed by atoms with E-state index in [0.717, 1.165) is 35.1 Å². The van der Waals surface area contributed by atoms with Gasteiger partial charge >= 0.3 is 0 Å². The quantitative estimate of drug-likeness (QED) is 0.756. The van der Waals surface area contributed by atoms with Crippen LogP contribution in [0.4, 0.5) is 5.69 Å². The van der Waals surface area contributed by atoms with Crippen molar-refractivity contribution in [1.29, 1.82) is 0 Å². The third kappa shape index (κ3) is 1.78. The lowest BCUT2D eigenvalue weighted by molar-refractivity contribution is -0.122. The second kappa shape index (κ2) is 4.14. The summed E-state index contributed by atoms with van der Waals surface area (Å²) >= 11 is 0. The molecule has 1 aliphatic carbocycles. The van der Waals surface area contributed by atoms with Gasteiger partial charge in [0.25, 0.3) is 0 Å². The third-order valence-corrected chi connectivity index (χ3v) is 3.69.